The van der Waals surface area contributed by atoms with Gasteiger partial charge in [-0.15, -0.1) is 5.10 Å². The molecule has 3 N–H and O–H groups in total. The highest BCUT2D eigenvalue weighted by Crippen LogP contribution is 2.35. The Morgan fingerprint density at radius 1 is 1.19 bits per heavy atom. The van der Waals surface area contributed by atoms with Crippen molar-refractivity contribution in [3.8, 4) is 5.88 Å². The summed E-state index contributed by atoms with van der Waals surface area (Å²) < 4.78 is 1.57. The number of aliphatic hydroxyl groups excluding tert-OH is 1. The largest absolute Gasteiger partial charge is 0.492 e. The van der Waals surface area contributed by atoms with E-state index >= 15 is 0 Å². The highest BCUT2D eigenvalue weighted by molar-refractivity contribution is 7.17. The van der Waals surface area contributed by atoms with E-state index in [-0.39, 0.29) is 18.0 Å². The summed E-state index contributed by atoms with van der Waals surface area (Å²) in [6.45, 7) is 5.93. The molecule has 1 aliphatic rings. The first-order valence-electron chi connectivity index (χ1n) is 9.79. The van der Waals surface area contributed by atoms with Crippen LogP contribution in [-0.2, 0) is 12.8 Å². The minimum absolute atomic E-state index is 0.0296. The summed E-state index contributed by atoms with van der Waals surface area (Å²) in [6, 6.07) is 8.72. The quantitative estimate of drug-likeness (QED) is 0.624. The molecule has 0 saturated carbocycles. The number of benzene rings is 1. The van der Waals surface area contributed by atoms with Crippen LogP contribution in [0.1, 0.15) is 54.6 Å². The van der Waals surface area contributed by atoms with Gasteiger partial charge in [0.2, 0.25) is 10.8 Å². The van der Waals surface area contributed by atoms with Gasteiger partial charge in [0.25, 0.3) is 0 Å². The third-order valence-electron chi connectivity index (χ3n) is 5.55. The van der Waals surface area contributed by atoms with E-state index in [1.54, 1.807) is 4.52 Å². The molecule has 0 unspecified atom stereocenters. The first-order chi connectivity index (χ1) is 13.1. The maximum Gasteiger partial charge on any atom is 0.235 e. The molecule has 1 aromatic carbocycles. The topological polar surface area (TPSA) is 75.1 Å². The van der Waals surface area contributed by atoms with Crippen LogP contribution in [-0.4, -0.2) is 44.0 Å². The van der Waals surface area contributed by atoms with Gasteiger partial charge in [0, 0.05) is 24.8 Å². The van der Waals surface area contributed by atoms with Crippen molar-refractivity contribution in [3.05, 3.63) is 46.1 Å². The summed E-state index contributed by atoms with van der Waals surface area (Å²) in [5.74, 6) is 0.950. The zero-order chi connectivity index (χ0) is 19.0. The van der Waals surface area contributed by atoms with Gasteiger partial charge in [-0.25, -0.2) is 4.98 Å². The molecule has 1 fully saturated rings. The van der Waals surface area contributed by atoms with Crippen molar-refractivity contribution in [2.24, 2.45) is 0 Å². The highest BCUT2D eigenvalue weighted by atomic mass is 32.1. The molecule has 3 heterocycles. The summed E-state index contributed by atoms with van der Waals surface area (Å²) >= 11 is 1.52. The molecule has 2 aromatic heterocycles. The first-order valence-corrected chi connectivity index (χ1v) is 10.6. The minimum Gasteiger partial charge on any atom is -0.492 e. The fraction of sp³-hybridized carbons (Fsp3) is 0.500. The van der Waals surface area contributed by atoms with Gasteiger partial charge in [-0.05, 0) is 12.0 Å². The van der Waals surface area contributed by atoms with Crippen LogP contribution in [0.25, 0.3) is 4.96 Å². The molecule has 0 spiro atoms. The standard InChI is InChI=1S/C20H26N4O2S/c1-3-13-5-7-14(8-6-13)17(23-11-9-15(25)10-12-23)18-19(26)24-20(27-18)21-16(4-2)22-24/h5-8,15,17,25-26H,3-4,9-12H2,1-2H3/p+1/t17-/m1/s1. The number of thiazole rings is 1. The number of rotatable bonds is 5. The molecular formula is C20H27N4O2S+. The van der Waals surface area contributed by atoms with Crippen LogP contribution in [0.3, 0.4) is 0 Å². The van der Waals surface area contributed by atoms with Gasteiger partial charge in [0.15, 0.2) is 11.9 Å². The monoisotopic (exact) mass is 387 g/mol. The molecule has 4 rings (SSSR count). The molecule has 3 aromatic rings. The molecule has 7 heteroatoms. The van der Waals surface area contributed by atoms with E-state index in [4.69, 9.17) is 0 Å². The molecule has 6 nitrogen and oxygen atoms in total. The summed E-state index contributed by atoms with van der Waals surface area (Å²) in [5.41, 5.74) is 2.50. The van der Waals surface area contributed by atoms with E-state index in [1.165, 1.54) is 27.4 Å². The van der Waals surface area contributed by atoms with Crippen molar-refractivity contribution in [1.29, 1.82) is 0 Å². The maximum absolute atomic E-state index is 10.9. The number of hydrogen-bond donors (Lipinski definition) is 3. The smallest absolute Gasteiger partial charge is 0.235 e. The van der Waals surface area contributed by atoms with Crippen molar-refractivity contribution in [3.63, 3.8) is 0 Å². The Hall–Kier alpha value is -1.96. The van der Waals surface area contributed by atoms with Crippen LogP contribution in [0.15, 0.2) is 24.3 Å². The van der Waals surface area contributed by atoms with Crippen molar-refractivity contribution < 1.29 is 15.1 Å². The molecule has 1 saturated heterocycles. The minimum atomic E-state index is -0.208. The van der Waals surface area contributed by atoms with Gasteiger partial charge in [-0.3, -0.25) is 0 Å². The zero-order valence-corrected chi connectivity index (χ0v) is 16.7. The lowest BCUT2D eigenvalue weighted by molar-refractivity contribution is -0.931. The molecule has 0 amide bonds. The molecule has 1 aliphatic heterocycles. The third kappa shape index (κ3) is 3.47. The van der Waals surface area contributed by atoms with Crippen LogP contribution < -0.4 is 4.90 Å². The predicted molar refractivity (Wildman–Crippen MR) is 106 cm³/mol. The second-order valence-corrected chi connectivity index (χ2v) is 8.29. The number of piperidine rings is 1. The Morgan fingerprint density at radius 2 is 1.89 bits per heavy atom. The average molecular weight is 388 g/mol. The molecule has 27 heavy (non-hydrogen) atoms. The molecule has 1 atom stereocenters. The van der Waals surface area contributed by atoms with Gasteiger partial charge >= 0.3 is 0 Å². The average Bonchev–Trinajstić information content (AvgIpc) is 3.23. The first kappa shape index (κ1) is 18.4. The third-order valence-corrected chi connectivity index (χ3v) is 6.63. The zero-order valence-electron chi connectivity index (χ0n) is 15.9. The number of nitrogens with one attached hydrogen (secondary N) is 1. The van der Waals surface area contributed by atoms with Gasteiger partial charge in [-0.1, -0.05) is 49.4 Å². The molecular weight excluding hydrogens is 360 g/mol. The van der Waals surface area contributed by atoms with E-state index in [0.717, 1.165) is 54.4 Å². The second kappa shape index (κ2) is 7.58. The van der Waals surface area contributed by atoms with E-state index in [2.05, 4.69) is 41.3 Å². The number of aromatic nitrogens is 3. The molecule has 144 valence electrons. The van der Waals surface area contributed by atoms with Gasteiger partial charge in [-0.2, -0.15) is 4.52 Å². The summed E-state index contributed by atoms with van der Waals surface area (Å²) in [6.07, 6.45) is 3.14. The second-order valence-electron chi connectivity index (χ2n) is 7.28. The van der Waals surface area contributed by atoms with Crippen LogP contribution in [0.5, 0.6) is 5.88 Å². The van der Waals surface area contributed by atoms with Crippen LogP contribution in [0.2, 0.25) is 0 Å². The summed E-state index contributed by atoms with van der Waals surface area (Å²) in [7, 11) is 0. The Kier molecular flexibility index (Phi) is 5.16. The SMILES string of the molecule is CCc1ccc([C@H](c2sc3nc(CC)nn3c2O)[NH+]2CCC(O)CC2)cc1. The molecule has 0 aliphatic carbocycles. The van der Waals surface area contributed by atoms with Gasteiger partial charge < -0.3 is 15.1 Å². The van der Waals surface area contributed by atoms with Crippen molar-refractivity contribution in [2.75, 3.05) is 13.1 Å². The Labute approximate surface area is 163 Å². The summed E-state index contributed by atoms with van der Waals surface area (Å²) in [5, 5.41) is 25.3. The van der Waals surface area contributed by atoms with E-state index in [0.29, 0.717) is 0 Å². The highest BCUT2D eigenvalue weighted by Gasteiger charge is 2.35. The fourth-order valence-corrected chi connectivity index (χ4v) is 5.07. The van der Waals surface area contributed by atoms with E-state index in [9.17, 15) is 10.2 Å². The Balaban J connectivity index is 1.77. The van der Waals surface area contributed by atoms with Gasteiger partial charge in [0.05, 0.1) is 19.2 Å². The van der Waals surface area contributed by atoms with Crippen molar-refractivity contribution in [2.45, 2.75) is 51.7 Å². The number of hydrogen-bond acceptors (Lipinski definition) is 5. The fourth-order valence-electron chi connectivity index (χ4n) is 3.91. The lowest BCUT2D eigenvalue weighted by Gasteiger charge is -2.33. The lowest BCUT2D eigenvalue weighted by Crippen LogP contribution is -3.13. The van der Waals surface area contributed by atoms with E-state index < -0.39 is 0 Å². The number of aromatic hydroxyl groups is 1. The van der Waals surface area contributed by atoms with Crippen LogP contribution >= 0.6 is 11.3 Å². The molecule has 0 bridgehead atoms. The van der Waals surface area contributed by atoms with Gasteiger partial charge in [0.1, 0.15) is 4.88 Å². The number of quaternary nitrogens is 1. The summed E-state index contributed by atoms with van der Waals surface area (Å²) in [4.78, 5) is 7.56. The maximum atomic E-state index is 10.9. The number of nitrogens with zero attached hydrogens (tertiary/aromatic N) is 3. The number of fused-ring (bicyclic) bond motifs is 1. The van der Waals surface area contributed by atoms with Crippen LogP contribution in [0, 0.1) is 0 Å². The Bertz CT molecular complexity index is 910. The predicted octanol–water partition coefficient (Wildman–Crippen LogP) is 1.75. The Morgan fingerprint density at radius 3 is 2.48 bits per heavy atom. The number of aliphatic hydroxyl groups is 1. The number of aryl methyl sites for hydroxylation is 2. The number of likely N-dealkylation sites (tertiary alicyclic amines) is 1. The van der Waals surface area contributed by atoms with Crippen molar-refractivity contribution in [1.82, 2.24) is 14.6 Å². The van der Waals surface area contributed by atoms with Crippen LogP contribution in [0.4, 0.5) is 0 Å². The molecule has 0 radical (unpaired) electrons. The van der Waals surface area contributed by atoms with E-state index in [1.807, 2.05) is 6.92 Å². The van der Waals surface area contributed by atoms with Crippen molar-refractivity contribution >= 4 is 16.3 Å². The normalized spacial score (nSPS) is 21.6. The lowest BCUT2D eigenvalue weighted by atomic mass is 9.98.